The highest BCUT2D eigenvalue weighted by Crippen LogP contribution is 2.26. The molecule has 1 heterocycles. The second-order valence-corrected chi connectivity index (χ2v) is 8.03. The Balaban J connectivity index is 1.74. The maximum Gasteiger partial charge on any atom is 0.259 e. The van der Waals surface area contributed by atoms with E-state index in [0.29, 0.717) is 21.4 Å². The molecule has 1 amide bonds. The Labute approximate surface area is 188 Å². The quantitative estimate of drug-likeness (QED) is 0.363. The Hall–Kier alpha value is -2.80. The molecule has 0 aliphatic heterocycles. The molecule has 1 N–H and O–H groups in total. The summed E-state index contributed by atoms with van der Waals surface area (Å²) in [7, 11) is 0. The Kier molecular flexibility index (Phi) is 6.08. The Bertz CT molecular complexity index is 1130. The summed E-state index contributed by atoms with van der Waals surface area (Å²) < 4.78 is 1.66. The highest BCUT2D eigenvalue weighted by atomic mass is 35.5. The third kappa shape index (κ3) is 4.36. The third-order valence-electron chi connectivity index (χ3n) is 4.36. The molecule has 0 aliphatic rings. The van der Waals surface area contributed by atoms with Crippen LogP contribution in [0.5, 0.6) is 0 Å². The number of halogens is 2. The predicted molar refractivity (Wildman–Crippen MR) is 123 cm³/mol. The van der Waals surface area contributed by atoms with Gasteiger partial charge in [0.05, 0.1) is 11.3 Å². The minimum atomic E-state index is -0.268. The van der Waals surface area contributed by atoms with E-state index in [4.69, 9.17) is 23.2 Å². The fourth-order valence-electron chi connectivity index (χ4n) is 2.91. The molecule has 0 saturated carbocycles. The van der Waals surface area contributed by atoms with E-state index in [1.54, 1.807) is 35.0 Å². The average molecular weight is 455 g/mol. The van der Waals surface area contributed by atoms with Gasteiger partial charge in [-0.25, -0.2) is 4.68 Å². The van der Waals surface area contributed by atoms with Crippen LogP contribution in [0.2, 0.25) is 10.0 Å². The highest BCUT2D eigenvalue weighted by Gasteiger charge is 2.17. The third-order valence-corrected chi connectivity index (χ3v) is 5.66. The molecule has 5 nitrogen and oxygen atoms in total. The van der Waals surface area contributed by atoms with Crippen LogP contribution in [-0.4, -0.2) is 26.9 Å². The van der Waals surface area contributed by atoms with Crippen LogP contribution in [-0.2, 0) is 0 Å². The first-order valence-electron chi connectivity index (χ1n) is 8.98. The number of benzene rings is 3. The molecule has 4 rings (SSSR count). The second kappa shape index (κ2) is 8.92. The van der Waals surface area contributed by atoms with Crippen LogP contribution < -0.4 is 5.32 Å². The molecule has 4 aromatic rings. The van der Waals surface area contributed by atoms with E-state index in [1.165, 1.54) is 11.8 Å². The topological polar surface area (TPSA) is 59.8 Å². The zero-order chi connectivity index (χ0) is 21.1. The lowest BCUT2D eigenvalue weighted by Crippen LogP contribution is -2.14. The van der Waals surface area contributed by atoms with Gasteiger partial charge in [-0.2, -0.15) is 4.98 Å². The van der Waals surface area contributed by atoms with Gasteiger partial charge < -0.3 is 0 Å². The molecule has 8 heteroatoms. The Morgan fingerprint density at radius 2 is 1.57 bits per heavy atom. The van der Waals surface area contributed by atoms with Crippen molar-refractivity contribution in [2.75, 3.05) is 11.6 Å². The van der Waals surface area contributed by atoms with Crippen LogP contribution in [0.25, 0.3) is 17.1 Å². The Morgan fingerprint density at radius 3 is 2.23 bits per heavy atom. The number of nitrogens with zero attached hydrogens (tertiary/aromatic N) is 3. The number of thioether (sulfide) groups is 1. The molecule has 0 saturated heterocycles. The van der Waals surface area contributed by atoms with Gasteiger partial charge in [0.1, 0.15) is 0 Å². The van der Waals surface area contributed by atoms with Crippen molar-refractivity contribution in [2.45, 2.75) is 4.90 Å². The molecule has 150 valence electrons. The zero-order valence-corrected chi connectivity index (χ0v) is 18.2. The molecule has 1 aromatic heterocycles. The van der Waals surface area contributed by atoms with Crippen molar-refractivity contribution in [2.24, 2.45) is 0 Å². The molecule has 3 aromatic carbocycles. The van der Waals surface area contributed by atoms with Gasteiger partial charge in [-0.15, -0.1) is 16.9 Å². The largest absolute Gasteiger partial charge is 0.289 e. The molecular weight excluding hydrogens is 439 g/mol. The van der Waals surface area contributed by atoms with Gasteiger partial charge >= 0.3 is 0 Å². The van der Waals surface area contributed by atoms with E-state index < -0.39 is 0 Å². The SMILES string of the molecule is CSc1ccccc1C(=O)Nc1nc(-c2ccc(Cl)cc2)n(-c2ccc(Cl)cc2)n1. The van der Waals surface area contributed by atoms with E-state index >= 15 is 0 Å². The van der Waals surface area contributed by atoms with Crippen LogP contribution >= 0.6 is 35.0 Å². The first-order valence-corrected chi connectivity index (χ1v) is 11.0. The maximum atomic E-state index is 12.8. The van der Waals surface area contributed by atoms with Crippen molar-refractivity contribution in [3.63, 3.8) is 0 Å². The molecule has 0 spiro atoms. The van der Waals surface area contributed by atoms with Gasteiger partial charge in [-0.05, 0) is 66.9 Å². The summed E-state index contributed by atoms with van der Waals surface area (Å²) in [6.45, 7) is 0. The minimum Gasteiger partial charge on any atom is -0.289 e. The summed E-state index contributed by atoms with van der Waals surface area (Å²) in [6.07, 6.45) is 1.93. The summed E-state index contributed by atoms with van der Waals surface area (Å²) in [5.74, 6) is 0.508. The van der Waals surface area contributed by atoms with E-state index in [0.717, 1.165) is 16.1 Å². The molecular formula is C22H16Cl2N4OS. The fourth-order valence-corrected chi connectivity index (χ4v) is 3.76. The number of carbonyl (C=O) groups excluding carboxylic acids is 1. The summed E-state index contributed by atoms with van der Waals surface area (Å²) >= 11 is 13.6. The molecule has 0 atom stereocenters. The maximum absolute atomic E-state index is 12.8. The lowest BCUT2D eigenvalue weighted by atomic mass is 10.2. The van der Waals surface area contributed by atoms with Crippen molar-refractivity contribution in [1.82, 2.24) is 14.8 Å². The summed E-state index contributed by atoms with van der Waals surface area (Å²) in [6, 6.07) is 21.9. The predicted octanol–water partition coefficient (Wildman–Crippen LogP) is 6.22. The highest BCUT2D eigenvalue weighted by molar-refractivity contribution is 7.98. The first kappa shape index (κ1) is 20.5. The zero-order valence-electron chi connectivity index (χ0n) is 15.8. The van der Waals surface area contributed by atoms with E-state index in [1.807, 2.05) is 48.7 Å². The number of anilines is 1. The monoisotopic (exact) mass is 454 g/mol. The number of rotatable bonds is 5. The van der Waals surface area contributed by atoms with E-state index in [2.05, 4.69) is 15.4 Å². The molecule has 30 heavy (non-hydrogen) atoms. The van der Waals surface area contributed by atoms with Crippen LogP contribution in [0.15, 0.2) is 77.7 Å². The van der Waals surface area contributed by atoms with Crippen molar-refractivity contribution >= 4 is 46.8 Å². The Morgan fingerprint density at radius 1 is 0.933 bits per heavy atom. The number of aromatic nitrogens is 3. The van der Waals surface area contributed by atoms with Crippen molar-refractivity contribution in [3.8, 4) is 17.1 Å². The summed E-state index contributed by atoms with van der Waals surface area (Å²) in [5, 5.41) is 8.57. The lowest BCUT2D eigenvalue weighted by molar-refractivity contribution is 0.102. The fraction of sp³-hybridized carbons (Fsp3) is 0.0455. The first-order chi connectivity index (χ1) is 14.5. The van der Waals surface area contributed by atoms with Crippen molar-refractivity contribution in [1.29, 1.82) is 0 Å². The lowest BCUT2D eigenvalue weighted by Gasteiger charge is -2.06. The number of amides is 1. The molecule has 0 fully saturated rings. The summed E-state index contributed by atoms with van der Waals surface area (Å²) in [5.41, 5.74) is 2.15. The minimum absolute atomic E-state index is 0.204. The van der Waals surface area contributed by atoms with Crippen molar-refractivity contribution < 1.29 is 4.79 Å². The van der Waals surface area contributed by atoms with Gasteiger partial charge in [0.2, 0.25) is 5.95 Å². The van der Waals surface area contributed by atoms with E-state index in [9.17, 15) is 4.79 Å². The van der Waals surface area contributed by atoms with Gasteiger partial charge in [0.25, 0.3) is 5.91 Å². The number of hydrogen-bond donors (Lipinski definition) is 1. The standard InChI is InChI=1S/C22H16Cl2N4OS/c1-30-19-5-3-2-4-18(19)21(29)26-22-25-20(14-6-8-15(23)9-7-14)28(27-22)17-12-10-16(24)11-13-17/h2-13H,1H3,(H,26,27,29). The summed E-state index contributed by atoms with van der Waals surface area (Å²) in [4.78, 5) is 18.3. The van der Waals surface area contributed by atoms with Crippen molar-refractivity contribution in [3.05, 3.63) is 88.4 Å². The van der Waals surface area contributed by atoms with Gasteiger partial charge in [0, 0.05) is 20.5 Å². The second-order valence-electron chi connectivity index (χ2n) is 6.31. The number of nitrogens with one attached hydrogen (secondary N) is 1. The number of carbonyl (C=O) groups is 1. The molecule has 0 bridgehead atoms. The van der Waals surface area contributed by atoms with Gasteiger partial charge in [0.15, 0.2) is 5.82 Å². The molecule has 0 unspecified atom stereocenters. The van der Waals surface area contributed by atoms with Gasteiger partial charge in [-0.3, -0.25) is 10.1 Å². The van der Waals surface area contributed by atoms with Crippen LogP contribution in [0, 0.1) is 0 Å². The normalized spacial score (nSPS) is 10.8. The van der Waals surface area contributed by atoms with E-state index in [-0.39, 0.29) is 11.9 Å². The number of hydrogen-bond acceptors (Lipinski definition) is 4. The van der Waals surface area contributed by atoms with Crippen LogP contribution in [0.4, 0.5) is 5.95 Å². The molecule has 0 aliphatic carbocycles. The van der Waals surface area contributed by atoms with Crippen LogP contribution in [0.3, 0.4) is 0 Å². The molecule has 0 radical (unpaired) electrons. The van der Waals surface area contributed by atoms with Crippen LogP contribution in [0.1, 0.15) is 10.4 Å². The smallest absolute Gasteiger partial charge is 0.259 e. The van der Waals surface area contributed by atoms with Gasteiger partial charge in [-0.1, -0.05) is 35.3 Å². The average Bonchev–Trinajstić information content (AvgIpc) is 3.18.